The highest BCUT2D eigenvalue weighted by atomic mass is 28.3. The van der Waals surface area contributed by atoms with Crippen LogP contribution >= 0.6 is 0 Å². The molecule has 0 heterocycles. The smallest absolute Gasteiger partial charge is 0.0790 e. The Balaban J connectivity index is 3.51. The molecule has 0 radical (unpaired) electrons. The molecule has 100 valence electrons. The summed E-state index contributed by atoms with van der Waals surface area (Å²) in [5, 5.41) is 5.00. The summed E-state index contributed by atoms with van der Waals surface area (Å²) < 4.78 is 0. The molecule has 0 aromatic carbocycles. The van der Waals surface area contributed by atoms with Crippen LogP contribution in [-0.4, -0.2) is 24.2 Å². The molecule has 0 atom stereocenters. The van der Waals surface area contributed by atoms with Crippen LogP contribution in [0.1, 0.15) is 0 Å². The van der Waals surface area contributed by atoms with E-state index in [0.29, 0.717) is 0 Å². The van der Waals surface area contributed by atoms with E-state index in [0.717, 1.165) is 0 Å². The molecule has 1 aliphatic carbocycles. The van der Waals surface area contributed by atoms with Gasteiger partial charge < -0.3 is 0 Å². The van der Waals surface area contributed by atoms with Gasteiger partial charge in [-0.05, 0) is 10.4 Å². The van der Waals surface area contributed by atoms with Crippen molar-refractivity contribution in [1.29, 1.82) is 0 Å². The van der Waals surface area contributed by atoms with Crippen molar-refractivity contribution >= 4 is 24.2 Å². The fourth-order valence-corrected chi connectivity index (χ4v) is 13.0. The second-order valence-electron chi connectivity index (χ2n) is 8.39. The van der Waals surface area contributed by atoms with Gasteiger partial charge in [-0.25, -0.2) is 0 Å². The third kappa shape index (κ3) is 2.66. The standard InChI is InChI=1S/C15H28Si3/c1-11-12-13(16(2,3)4)15(18(8,9)10)14(12)17(5,6)7/h1H,2-10H3. The topological polar surface area (TPSA) is 0 Å². The summed E-state index contributed by atoms with van der Waals surface area (Å²) in [5.74, 6) is 3.03. The highest BCUT2D eigenvalue weighted by molar-refractivity contribution is 6.97. The van der Waals surface area contributed by atoms with Gasteiger partial charge in [-0.15, -0.1) is 6.42 Å². The summed E-state index contributed by atoms with van der Waals surface area (Å²) in [4.78, 5) is 0. The zero-order valence-electron chi connectivity index (χ0n) is 13.6. The first-order valence-corrected chi connectivity index (χ1v) is 17.3. The lowest BCUT2D eigenvalue weighted by atomic mass is 10.1. The number of rotatable bonds is 3. The van der Waals surface area contributed by atoms with Crippen LogP contribution in [0, 0.1) is 12.3 Å². The third-order valence-electron chi connectivity index (χ3n) is 3.39. The summed E-state index contributed by atoms with van der Waals surface area (Å²) in [6.45, 7) is 22.0. The average Bonchev–Trinajstić information content (AvgIpc) is 1.92. The van der Waals surface area contributed by atoms with Crippen LogP contribution < -0.4 is 0 Å². The molecule has 18 heavy (non-hydrogen) atoms. The molecule has 0 aliphatic heterocycles. The average molecular weight is 293 g/mol. The minimum Gasteiger partial charge on any atom is -0.115 e. The Morgan fingerprint density at radius 1 is 0.611 bits per heavy atom. The van der Waals surface area contributed by atoms with Crippen molar-refractivity contribution in [2.24, 2.45) is 0 Å². The first kappa shape index (κ1) is 15.7. The van der Waals surface area contributed by atoms with E-state index in [-0.39, 0.29) is 0 Å². The zero-order valence-corrected chi connectivity index (χ0v) is 16.6. The number of allylic oxidation sites excluding steroid dienone is 4. The van der Waals surface area contributed by atoms with Crippen LogP contribution in [0.25, 0.3) is 0 Å². The molecule has 0 saturated heterocycles. The largest absolute Gasteiger partial charge is 0.115 e. The molecule has 0 spiro atoms. The van der Waals surface area contributed by atoms with E-state index in [1.807, 2.05) is 0 Å². The number of hydrogen-bond donors (Lipinski definition) is 0. The van der Waals surface area contributed by atoms with Gasteiger partial charge in [-0.3, -0.25) is 0 Å². The van der Waals surface area contributed by atoms with Gasteiger partial charge in [0.1, 0.15) is 0 Å². The van der Waals surface area contributed by atoms with Crippen molar-refractivity contribution in [2.45, 2.75) is 58.9 Å². The maximum absolute atomic E-state index is 5.83. The first-order valence-electron chi connectivity index (χ1n) is 6.79. The molecule has 0 saturated carbocycles. The second-order valence-corrected chi connectivity index (χ2v) is 23.4. The normalized spacial score (nSPS) is 17.8. The Kier molecular flexibility index (Phi) is 3.82. The fraction of sp³-hybridized carbons (Fsp3) is 0.600. The van der Waals surface area contributed by atoms with Crippen molar-refractivity contribution in [3.63, 3.8) is 0 Å². The van der Waals surface area contributed by atoms with Gasteiger partial charge in [0.2, 0.25) is 0 Å². The Morgan fingerprint density at radius 3 is 1.17 bits per heavy atom. The Morgan fingerprint density at radius 2 is 0.944 bits per heavy atom. The van der Waals surface area contributed by atoms with Crippen LogP contribution in [0.5, 0.6) is 0 Å². The van der Waals surface area contributed by atoms with Crippen LogP contribution in [-0.2, 0) is 0 Å². The van der Waals surface area contributed by atoms with Crippen molar-refractivity contribution in [1.82, 2.24) is 0 Å². The molecule has 0 aromatic rings. The number of terminal acetylenes is 1. The van der Waals surface area contributed by atoms with Gasteiger partial charge in [0.25, 0.3) is 0 Å². The van der Waals surface area contributed by atoms with Crippen LogP contribution in [0.3, 0.4) is 0 Å². The van der Waals surface area contributed by atoms with E-state index in [2.05, 4.69) is 64.8 Å². The Labute approximate surface area is 117 Å². The van der Waals surface area contributed by atoms with E-state index in [1.54, 1.807) is 15.6 Å². The molecule has 3 heteroatoms. The van der Waals surface area contributed by atoms with Gasteiger partial charge in [0.15, 0.2) is 0 Å². The Hall–Kier alpha value is -0.309. The van der Waals surface area contributed by atoms with E-state index < -0.39 is 24.2 Å². The molecule has 1 aliphatic rings. The lowest BCUT2D eigenvalue weighted by Crippen LogP contribution is -2.46. The van der Waals surface area contributed by atoms with Gasteiger partial charge in [-0.2, -0.15) is 0 Å². The SMILES string of the molecule is C#CC1=C([Si](C)(C)C)C([Si](C)(C)C)=C1[Si](C)(C)C. The van der Waals surface area contributed by atoms with Crippen LogP contribution in [0.4, 0.5) is 0 Å². The second kappa shape index (κ2) is 4.36. The zero-order chi connectivity index (χ0) is 14.5. The van der Waals surface area contributed by atoms with E-state index in [9.17, 15) is 0 Å². The molecular weight excluding hydrogens is 264 g/mol. The molecule has 1 rings (SSSR count). The molecular formula is C15H28Si3. The molecule has 0 N–H and O–H groups in total. The summed E-state index contributed by atoms with van der Waals surface area (Å²) in [6.07, 6.45) is 5.83. The van der Waals surface area contributed by atoms with Gasteiger partial charge in [-0.1, -0.05) is 70.0 Å². The molecule has 0 unspecified atom stereocenters. The predicted molar refractivity (Wildman–Crippen MR) is 92.9 cm³/mol. The fourth-order valence-electron chi connectivity index (χ4n) is 2.83. The van der Waals surface area contributed by atoms with Gasteiger partial charge >= 0.3 is 0 Å². The minimum atomic E-state index is -1.32. The predicted octanol–water partition coefficient (Wildman–Crippen LogP) is 4.86. The quantitative estimate of drug-likeness (QED) is 0.515. The Bertz CT molecular complexity index is 466. The van der Waals surface area contributed by atoms with Crippen molar-refractivity contribution < 1.29 is 0 Å². The van der Waals surface area contributed by atoms with Gasteiger partial charge in [0.05, 0.1) is 24.2 Å². The highest BCUT2D eigenvalue weighted by Crippen LogP contribution is 2.48. The maximum Gasteiger partial charge on any atom is 0.0790 e. The monoisotopic (exact) mass is 292 g/mol. The lowest BCUT2D eigenvalue weighted by molar-refractivity contribution is 1.36. The third-order valence-corrected chi connectivity index (χ3v) is 9.89. The van der Waals surface area contributed by atoms with E-state index >= 15 is 0 Å². The van der Waals surface area contributed by atoms with Crippen LogP contribution in [0.2, 0.25) is 58.9 Å². The first-order chi connectivity index (χ1) is 7.81. The molecule has 0 aromatic heterocycles. The van der Waals surface area contributed by atoms with Crippen LogP contribution in [0.15, 0.2) is 21.2 Å². The molecule has 0 nitrogen and oxygen atoms in total. The van der Waals surface area contributed by atoms with E-state index in [4.69, 9.17) is 6.42 Å². The molecule has 0 amide bonds. The summed E-state index contributed by atoms with van der Waals surface area (Å²) >= 11 is 0. The van der Waals surface area contributed by atoms with E-state index in [1.165, 1.54) is 5.57 Å². The lowest BCUT2D eigenvalue weighted by Gasteiger charge is -2.45. The summed E-state index contributed by atoms with van der Waals surface area (Å²) in [6, 6.07) is 0. The van der Waals surface area contributed by atoms with Crippen molar-refractivity contribution in [3.8, 4) is 12.3 Å². The molecule has 0 bridgehead atoms. The number of hydrogen-bond acceptors (Lipinski definition) is 0. The van der Waals surface area contributed by atoms with Crippen molar-refractivity contribution in [2.75, 3.05) is 0 Å². The summed E-state index contributed by atoms with van der Waals surface area (Å²) in [5.41, 5.74) is 1.31. The molecule has 0 fully saturated rings. The van der Waals surface area contributed by atoms with Crippen molar-refractivity contribution in [3.05, 3.63) is 21.2 Å². The highest BCUT2D eigenvalue weighted by Gasteiger charge is 2.45. The van der Waals surface area contributed by atoms with Gasteiger partial charge in [0, 0.05) is 5.57 Å². The maximum atomic E-state index is 5.83. The summed E-state index contributed by atoms with van der Waals surface area (Å²) in [7, 11) is -3.91. The minimum absolute atomic E-state index is 1.28.